The first-order chi connectivity index (χ1) is 11.2. The summed E-state index contributed by atoms with van der Waals surface area (Å²) in [4.78, 5) is 25.2. The van der Waals surface area contributed by atoms with E-state index < -0.39 is 26.7 Å². The lowest BCUT2D eigenvalue weighted by molar-refractivity contribution is -0.0171. The van der Waals surface area contributed by atoms with Crippen LogP contribution in [-0.4, -0.2) is 30.0 Å². The van der Waals surface area contributed by atoms with Crippen molar-refractivity contribution in [1.29, 1.82) is 0 Å². The molecule has 0 atom stereocenters. The lowest BCUT2D eigenvalue weighted by Gasteiger charge is -2.29. The van der Waals surface area contributed by atoms with Gasteiger partial charge in [0.2, 0.25) is 0 Å². The van der Waals surface area contributed by atoms with Crippen LogP contribution in [0.1, 0.15) is 47.9 Å². The van der Waals surface area contributed by atoms with Crippen molar-refractivity contribution in [1.82, 2.24) is 5.06 Å². The molecule has 0 bridgehead atoms. The van der Waals surface area contributed by atoms with Gasteiger partial charge >= 0.3 is 0 Å². The van der Waals surface area contributed by atoms with Crippen LogP contribution in [0.4, 0.5) is 0 Å². The Kier molecular flexibility index (Phi) is 3.73. The predicted molar refractivity (Wildman–Crippen MR) is 88.8 cm³/mol. The maximum atomic E-state index is 12.6. The molecule has 1 aliphatic rings. The average Bonchev–Trinajstić information content (AvgIpc) is 2.56. The molecule has 0 N–H and O–H groups in total. The van der Waals surface area contributed by atoms with Crippen LogP contribution in [0.5, 0.6) is 0 Å². The zero-order valence-corrected chi connectivity index (χ0v) is 14.4. The van der Waals surface area contributed by atoms with E-state index in [0.717, 1.165) is 5.39 Å². The summed E-state index contributed by atoms with van der Waals surface area (Å²) in [5.41, 5.74) is 0.486. The molecule has 0 aromatic heterocycles. The van der Waals surface area contributed by atoms with Gasteiger partial charge in [-0.05, 0) is 37.8 Å². The number of imide groups is 1. The van der Waals surface area contributed by atoms with E-state index in [9.17, 15) is 18.0 Å². The number of hydroxylamine groups is 2. The second kappa shape index (κ2) is 5.39. The second-order valence-electron chi connectivity index (χ2n) is 6.26. The van der Waals surface area contributed by atoms with E-state index in [0.29, 0.717) is 10.4 Å². The van der Waals surface area contributed by atoms with Crippen LogP contribution in [0.2, 0.25) is 0 Å². The van der Waals surface area contributed by atoms with Gasteiger partial charge in [-0.2, -0.15) is 8.42 Å². The highest BCUT2D eigenvalue weighted by Crippen LogP contribution is 2.32. The van der Waals surface area contributed by atoms with Crippen molar-refractivity contribution in [3.63, 3.8) is 0 Å². The molecule has 2 amide bonds. The molecule has 1 aliphatic heterocycles. The molecule has 6 nitrogen and oxygen atoms in total. The van der Waals surface area contributed by atoms with Gasteiger partial charge in [0.25, 0.3) is 21.9 Å². The predicted octanol–water partition coefficient (Wildman–Crippen LogP) is 2.89. The number of benzene rings is 2. The van der Waals surface area contributed by atoms with Gasteiger partial charge in [0.15, 0.2) is 0 Å². The fraction of sp³-hybridized carbons (Fsp3) is 0.294. The summed E-state index contributed by atoms with van der Waals surface area (Å²) in [5.74, 6) is -1.56. The van der Waals surface area contributed by atoms with Gasteiger partial charge in [-0.15, -0.1) is 9.35 Å². The SMILES string of the molecule is CCC(C)(C)S(=O)(=O)ON1C(=O)c2cccc3cccc(c23)C1=O. The van der Waals surface area contributed by atoms with Gasteiger partial charge < -0.3 is 0 Å². The van der Waals surface area contributed by atoms with Crippen molar-refractivity contribution in [3.8, 4) is 0 Å². The second-order valence-corrected chi connectivity index (χ2v) is 8.42. The number of rotatable bonds is 4. The summed E-state index contributed by atoms with van der Waals surface area (Å²) in [5, 5.41) is 1.61. The number of amides is 2. The molecule has 2 aromatic rings. The van der Waals surface area contributed by atoms with Crippen molar-refractivity contribution in [2.24, 2.45) is 0 Å². The van der Waals surface area contributed by atoms with Crippen molar-refractivity contribution >= 4 is 32.7 Å². The zero-order valence-electron chi connectivity index (χ0n) is 13.6. The van der Waals surface area contributed by atoms with Crippen LogP contribution in [0, 0.1) is 0 Å². The molecule has 0 saturated heterocycles. The summed E-state index contributed by atoms with van der Waals surface area (Å²) in [7, 11) is -4.16. The Bertz CT molecular complexity index is 911. The average molecular weight is 347 g/mol. The number of hydrogen-bond acceptors (Lipinski definition) is 5. The molecule has 1 heterocycles. The largest absolute Gasteiger partial charge is 0.293 e. The number of carbonyl (C=O) groups excluding carboxylic acids is 2. The molecule has 24 heavy (non-hydrogen) atoms. The Hall–Kier alpha value is -2.25. The van der Waals surface area contributed by atoms with E-state index in [1.165, 1.54) is 13.8 Å². The van der Waals surface area contributed by atoms with E-state index in [2.05, 4.69) is 0 Å². The number of nitrogens with zero attached hydrogens (tertiary/aromatic N) is 1. The highest BCUT2D eigenvalue weighted by atomic mass is 32.2. The summed E-state index contributed by atoms with van der Waals surface area (Å²) >= 11 is 0. The molecule has 7 heteroatoms. The normalized spacial score (nSPS) is 15.2. The molecular formula is C17H17NO5S. The Morgan fingerprint density at radius 3 is 1.96 bits per heavy atom. The Morgan fingerprint density at radius 2 is 1.50 bits per heavy atom. The van der Waals surface area contributed by atoms with Crippen molar-refractivity contribution in [2.45, 2.75) is 31.9 Å². The van der Waals surface area contributed by atoms with E-state index in [1.54, 1.807) is 43.3 Å². The molecule has 126 valence electrons. The van der Waals surface area contributed by atoms with Gasteiger partial charge in [-0.25, -0.2) is 0 Å². The van der Waals surface area contributed by atoms with Crippen LogP contribution in [0.25, 0.3) is 10.8 Å². The maximum absolute atomic E-state index is 12.6. The van der Waals surface area contributed by atoms with Crippen molar-refractivity contribution in [3.05, 3.63) is 47.5 Å². The first kappa shape index (κ1) is 16.6. The Labute approximate surface area is 140 Å². The Morgan fingerprint density at radius 1 is 1.00 bits per heavy atom. The fourth-order valence-electron chi connectivity index (χ4n) is 2.45. The molecule has 0 radical (unpaired) electrons. The van der Waals surface area contributed by atoms with E-state index in [-0.39, 0.29) is 17.5 Å². The summed E-state index contributed by atoms with van der Waals surface area (Å²) in [6.45, 7) is 4.66. The third-order valence-corrected chi connectivity index (χ3v) is 6.42. The van der Waals surface area contributed by atoms with E-state index in [4.69, 9.17) is 4.28 Å². The Balaban J connectivity index is 2.11. The summed E-state index contributed by atoms with van der Waals surface area (Å²) in [6, 6.07) is 10.0. The quantitative estimate of drug-likeness (QED) is 0.795. The summed E-state index contributed by atoms with van der Waals surface area (Å²) in [6.07, 6.45) is 0.276. The van der Waals surface area contributed by atoms with E-state index >= 15 is 0 Å². The molecule has 2 aromatic carbocycles. The minimum absolute atomic E-state index is 0.243. The minimum Gasteiger partial charge on any atom is -0.266 e. The van der Waals surface area contributed by atoms with Gasteiger partial charge in [-0.3, -0.25) is 9.59 Å². The minimum atomic E-state index is -4.16. The standard InChI is InChI=1S/C17H17NO5S/c1-4-17(2,3)24(21,22)23-18-15(19)12-9-5-7-11-8-6-10-13(14(11)12)16(18)20/h5-10H,4H2,1-3H3. The van der Waals surface area contributed by atoms with Gasteiger partial charge in [0, 0.05) is 5.39 Å². The van der Waals surface area contributed by atoms with Gasteiger partial charge in [-0.1, -0.05) is 31.2 Å². The van der Waals surface area contributed by atoms with Crippen LogP contribution < -0.4 is 0 Å². The molecular weight excluding hydrogens is 330 g/mol. The number of carbonyl (C=O) groups is 2. The van der Waals surface area contributed by atoms with Crippen LogP contribution in [0.3, 0.4) is 0 Å². The third kappa shape index (κ3) is 2.32. The molecule has 0 aliphatic carbocycles. The van der Waals surface area contributed by atoms with Gasteiger partial charge in [0.1, 0.15) is 0 Å². The van der Waals surface area contributed by atoms with Crippen molar-refractivity contribution < 1.29 is 22.3 Å². The summed E-state index contributed by atoms with van der Waals surface area (Å²) < 4.78 is 28.6. The van der Waals surface area contributed by atoms with Crippen LogP contribution in [0.15, 0.2) is 36.4 Å². The van der Waals surface area contributed by atoms with Gasteiger partial charge in [0.05, 0.1) is 15.9 Å². The highest BCUT2D eigenvalue weighted by molar-refractivity contribution is 7.88. The maximum Gasteiger partial charge on any atom is 0.293 e. The van der Waals surface area contributed by atoms with Crippen molar-refractivity contribution in [2.75, 3.05) is 0 Å². The lowest BCUT2D eigenvalue weighted by Crippen LogP contribution is -2.45. The molecule has 3 rings (SSSR count). The topological polar surface area (TPSA) is 80.8 Å². The highest BCUT2D eigenvalue weighted by Gasteiger charge is 2.42. The van der Waals surface area contributed by atoms with Crippen LogP contribution in [-0.2, 0) is 14.4 Å². The van der Waals surface area contributed by atoms with Crippen LogP contribution >= 0.6 is 0 Å². The fourth-order valence-corrected chi connectivity index (χ4v) is 3.34. The number of hydrogen-bond donors (Lipinski definition) is 0. The lowest BCUT2D eigenvalue weighted by atomic mass is 9.95. The first-order valence-electron chi connectivity index (χ1n) is 7.54. The molecule has 0 saturated carbocycles. The zero-order chi connectivity index (χ0) is 17.7. The molecule has 0 spiro atoms. The third-order valence-electron chi connectivity index (χ3n) is 4.44. The first-order valence-corrected chi connectivity index (χ1v) is 8.95. The van der Waals surface area contributed by atoms with E-state index in [1.807, 2.05) is 0 Å². The molecule has 0 unspecified atom stereocenters. The smallest absolute Gasteiger partial charge is 0.266 e. The molecule has 0 fully saturated rings. The monoisotopic (exact) mass is 347 g/mol.